The fourth-order valence-corrected chi connectivity index (χ4v) is 3.15. The third-order valence-electron chi connectivity index (χ3n) is 4.04. The smallest absolute Gasteiger partial charge is 0.134 e. The van der Waals surface area contributed by atoms with Crippen molar-refractivity contribution in [2.24, 2.45) is 24.6 Å². The van der Waals surface area contributed by atoms with Crippen LogP contribution in [0.2, 0.25) is 0 Å². The van der Waals surface area contributed by atoms with Gasteiger partial charge in [0.25, 0.3) is 0 Å². The van der Waals surface area contributed by atoms with Crippen LogP contribution in [0.3, 0.4) is 0 Å². The highest BCUT2D eigenvalue weighted by molar-refractivity contribution is 7.80. The van der Waals surface area contributed by atoms with E-state index in [2.05, 4.69) is 17.3 Å². The average molecular weight is 266 g/mol. The Hall–Kier alpha value is -1.10. The quantitative estimate of drug-likeness (QED) is 0.820. The van der Waals surface area contributed by atoms with Crippen LogP contribution in [0.4, 0.5) is 5.82 Å². The van der Waals surface area contributed by atoms with Gasteiger partial charge in [0.2, 0.25) is 0 Å². The zero-order valence-electron chi connectivity index (χ0n) is 11.4. The van der Waals surface area contributed by atoms with Gasteiger partial charge in [0.1, 0.15) is 10.8 Å². The number of nitrogens with zero attached hydrogens (tertiary/aromatic N) is 2. The van der Waals surface area contributed by atoms with Gasteiger partial charge in [-0.05, 0) is 25.2 Å². The van der Waals surface area contributed by atoms with E-state index in [1.54, 1.807) is 0 Å². The van der Waals surface area contributed by atoms with Crippen molar-refractivity contribution in [3.8, 4) is 0 Å². The van der Waals surface area contributed by atoms with Gasteiger partial charge in [0, 0.05) is 13.6 Å². The second kappa shape index (κ2) is 5.26. The fraction of sp³-hybridized carbons (Fsp3) is 0.692. The summed E-state index contributed by atoms with van der Waals surface area (Å²) in [6.07, 6.45) is 4.01. The first-order valence-electron chi connectivity index (χ1n) is 6.58. The SMILES string of the molecule is Cc1nn(C)c(NCC2CCCC2C)c1C(N)=S. The molecule has 2 rings (SSSR count). The standard InChI is InChI=1S/C13H22N4S/c1-8-5-4-6-10(8)7-15-13-11(12(14)18)9(2)16-17(13)3/h8,10,15H,4-7H2,1-3H3,(H2,14,18). The molecule has 18 heavy (non-hydrogen) atoms. The summed E-state index contributed by atoms with van der Waals surface area (Å²) in [7, 11) is 1.93. The minimum Gasteiger partial charge on any atom is -0.389 e. The Morgan fingerprint density at radius 3 is 2.83 bits per heavy atom. The van der Waals surface area contributed by atoms with E-state index >= 15 is 0 Å². The minimum atomic E-state index is 0.419. The van der Waals surface area contributed by atoms with Gasteiger partial charge < -0.3 is 11.1 Å². The molecular weight excluding hydrogens is 244 g/mol. The van der Waals surface area contributed by atoms with E-state index in [0.29, 0.717) is 4.99 Å². The topological polar surface area (TPSA) is 55.9 Å². The first-order valence-corrected chi connectivity index (χ1v) is 6.98. The molecule has 100 valence electrons. The summed E-state index contributed by atoms with van der Waals surface area (Å²) < 4.78 is 1.84. The molecular formula is C13H22N4S. The highest BCUT2D eigenvalue weighted by Crippen LogP contribution is 2.31. The monoisotopic (exact) mass is 266 g/mol. The summed E-state index contributed by atoms with van der Waals surface area (Å²) in [4.78, 5) is 0.419. The number of aryl methyl sites for hydroxylation is 2. The number of hydrogen-bond donors (Lipinski definition) is 2. The molecule has 0 amide bonds. The maximum atomic E-state index is 5.78. The number of aromatic nitrogens is 2. The van der Waals surface area contributed by atoms with Gasteiger partial charge in [0.05, 0.1) is 11.3 Å². The van der Waals surface area contributed by atoms with Gasteiger partial charge in [-0.2, -0.15) is 5.10 Å². The Bertz CT molecular complexity index is 452. The third kappa shape index (κ3) is 2.51. The number of hydrogen-bond acceptors (Lipinski definition) is 3. The Kier molecular flexibility index (Phi) is 3.90. The van der Waals surface area contributed by atoms with E-state index in [-0.39, 0.29) is 0 Å². The van der Waals surface area contributed by atoms with Crippen molar-refractivity contribution < 1.29 is 0 Å². The number of rotatable bonds is 4. The van der Waals surface area contributed by atoms with Gasteiger partial charge >= 0.3 is 0 Å². The van der Waals surface area contributed by atoms with Crippen LogP contribution in [-0.2, 0) is 7.05 Å². The lowest BCUT2D eigenvalue weighted by Crippen LogP contribution is -2.20. The molecule has 0 aromatic carbocycles. The van der Waals surface area contributed by atoms with Crippen molar-refractivity contribution in [2.45, 2.75) is 33.1 Å². The summed E-state index contributed by atoms with van der Waals surface area (Å²) in [5, 5.41) is 7.87. The van der Waals surface area contributed by atoms with E-state index in [0.717, 1.165) is 35.5 Å². The fourth-order valence-electron chi connectivity index (χ4n) is 2.91. The molecule has 1 aliphatic carbocycles. The van der Waals surface area contributed by atoms with Crippen LogP contribution in [-0.4, -0.2) is 21.3 Å². The van der Waals surface area contributed by atoms with Crippen LogP contribution in [0.15, 0.2) is 0 Å². The van der Waals surface area contributed by atoms with Crippen LogP contribution in [0.1, 0.15) is 37.4 Å². The zero-order chi connectivity index (χ0) is 13.3. The van der Waals surface area contributed by atoms with Crippen LogP contribution >= 0.6 is 12.2 Å². The van der Waals surface area contributed by atoms with E-state index in [9.17, 15) is 0 Å². The van der Waals surface area contributed by atoms with Gasteiger partial charge in [-0.15, -0.1) is 0 Å². The molecule has 0 aliphatic heterocycles. The lowest BCUT2D eigenvalue weighted by atomic mass is 9.98. The second-order valence-corrected chi connectivity index (χ2v) is 5.79. The molecule has 1 aromatic heterocycles. The molecule has 3 N–H and O–H groups in total. The van der Waals surface area contributed by atoms with Crippen molar-refractivity contribution in [3.05, 3.63) is 11.3 Å². The zero-order valence-corrected chi connectivity index (χ0v) is 12.2. The largest absolute Gasteiger partial charge is 0.389 e. The molecule has 1 heterocycles. The predicted octanol–water partition coefficient (Wildman–Crippen LogP) is 2.21. The lowest BCUT2D eigenvalue weighted by molar-refractivity contribution is 0.438. The Balaban J connectivity index is 2.11. The highest BCUT2D eigenvalue weighted by Gasteiger charge is 2.24. The van der Waals surface area contributed by atoms with Crippen LogP contribution in [0.5, 0.6) is 0 Å². The van der Waals surface area contributed by atoms with Gasteiger partial charge in [-0.1, -0.05) is 32.0 Å². The van der Waals surface area contributed by atoms with Crippen LogP contribution in [0, 0.1) is 18.8 Å². The summed E-state index contributed by atoms with van der Waals surface area (Å²) in [6.45, 7) is 5.26. The number of nitrogens with one attached hydrogen (secondary N) is 1. The lowest BCUT2D eigenvalue weighted by Gasteiger charge is -2.17. The first-order chi connectivity index (χ1) is 8.50. The van der Waals surface area contributed by atoms with Gasteiger partial charge in [0.15, 0.2) is 0 Å². The molecule has 5 heteroatoms. The van der Waals surface area contributed by atoms with Crippen molar-refractivity contribution in [1.29, 1.82) is 0 Å². The Morgan fingerprint density at radius 2 is 2.28 bits per heavy atom. The molecule has 1 fully saturated rings. The maximum absolute atomic E-state index is 5.78. The predicted molar refractivity (Wildman–Crippen MR) is 78.8 cm³/mol. The van der Waals surface area contributed by atoms with Crippen molar-refractivity contribution in [1.82, 2.24) is 9.78 Å². The molecule has 1 saturated carbocycles. The molecule has 1 aliphatic rings. The number of thiocarbonyl (C=S) groups is 1. The molecule has 0 spiro atoms. The van der Waals surface area contributed by atoms with E-state index in [1.807, 2.05) is 18.7 Å². The summed E-state index contributed by atoms with van der Waals surface area (Å²) in [5.41, 5.74) is 7.56. The summed E-state index contributed by atoms with van der Waals surface area (Å²) in [6, 6.07) is 0. The molecule has 4 nitrogen and oxygen atoms in total. The average Bonchev–Trinajstić information content (AvgIpc) is 2.79. The van der Waals surface area contributed by atoms with Crippen molar-refractivity contribution >= 4 is 23.0 Å². The summed E-state index contributed by atoms with van der Waals surface area (Å²) in [5.74, 6) is 2.51. The van der Waals surface area contributed by atoms with Crippen molar-refractivity contribution in [2.75, 3.05) is 11.9 Å². The highest BCUT2D eigenvalue weighted by atomic mass is 32.1. The molecule has 0 saturated heterocycles. The van der Waals surface area contributed by atoms with Gasteiger partial charge in [-0.3, -0.25) is 4.68 Å². The Labute approximate surface area is 114 Å². The normalized spacial score (nSPS) is 23.3. The van der Waals surface area contributed by atoms with Crippen molar-refractivity contribution in [3.63, 3.8) is 0 Å². The van der Waals surface area contributed by atoms with E-state index in [4.69, 9.17) is 18.0 Å². The van der Waals surface area contributed by atoms with Crippen LogP contribution in [0.25, 0.3) is 0 Å². The molecule has 0 radical (unpaired) electrons. The molecule has 0 bridgehead atoms. The van der Waals surface area contributed by atoms with Gasteiger partial charge in [-0.25, -0.2) is 0 Å². The first kappa shape index (κ1) is 13.3. The molecule has 2 atom stereocenters. The maximum Gasteiger partial charge on any atom is 0.134 e. The number of nitrogens with two attached hydrogens (primary N) is 1. The molecule has 2 unspecified atom stereocenters. The Morgan fingerprint density at radius 1 is 1.56 bits per heavy atom. The molecule has 1 aromatic rings. The van der Waals surface area contributed by atoms with Crippen LogP contribution < -0.4 is 11.1 Å². The minimum absolute atomic E-state index is 0.419. The van der Waals surface area contributed by atoms with E-state index < -0.39 is 0 Å². The van der Waals surface area contributed by atoms with E-state index in [1.165, 1.54) is 19.3 Å². The number of anilines is 1. The second-order valence-electron chi connectivity index (χ2n) is 5.35. The third-order valence-corrected chi connectivity index (χ3v) is 4.24. The summed E-state index contributed by atoms with van der Waals surface area (Å²) >= 11 is 5.11.